The second-order valence-corrected chi connectivity index (χ2v) is 35.1. The minimum absolute atomic E-state index is 0.108. The zero-order valence-electron chi connectivity index (χ0n) is 69.7. The zero-order valence-corrected chi connectivity index (χ0v) is 71.5. The van der Waals surface area contributed by atoms with Crippen molar-refractivity contribution in [2.24, 2.45) is 11.8 Å². The molecule has 0 aromatic carbocycles. The molecule has 3 N–H and O–H groups in total. The highest BCUT2D eigenvalue weighted by Crippen LogP contribution is 2.45. The molecular weight excluding hydrogens is 1380 g/mol. The van der Waals surface area contributed by atoms with Crippen LogP contribution in [0, 0.1) is 11.8 Å². The molecule has 0 heterocycles. The van der Waals surface area contributed by atoms with E-state index in [1.807, 2.05) is 0 Å². The van der Waals surface area contributed by atoms with E-state index in [0.29, 0.717) is 25.7 Å². The van der Waals surface area contributed by atoms with Crippen molar-refractivity contribution in [3.05, 3.63) is 0 Å². The van der Waals surface area contributed by atoms with Crippen LogP contribution in [0.3, 0.4) is 0 Å². The number of hydrogen-bond donors (Lipinski definition) is 3. The minimum Gasteiger partial charge on any atom is -0.462 e. The van der Waals surface area contributed by atoms with E-state index >= 15 is 0 Å². The first kappa shape index (κ1) is 104. The number of carbonyl (C=O) groups excluding carboxylic acids is 4. The number of aliphatic hydroxyl groups excluding tert-OH is 1. The van der Waals surface area contributed by atoms with E-state index in [0.717, 1.165) is 102 Å². The van der Waals surface area contributed by atoms with Crippen molar-refractivity contribution >= 4 is 39.5 Å². The van der Waals surface area contributed by atoms with Gasteiger partial charge in [-0.25, -0.2) is 9.13 Å². The Balaban J connectivity index is 5.24. The van der Waals surface area contributed by atoms with Gasteiger partial charge in [0.25, 0.3) is 0 Å². The van der Waals surface area contributed by atoms with Crippen molar-refractivity contribution in [1.29, 1.82) is 0 Å². The summed E-state index contributed by atoms with van der Waals surface area (Å²) in [6, 6.07) is 0. The lowest BCUT2D eigenvalue weighted by molar-refractivity contribution is -0.161. The molecule has 5 atom stereocenters. The third-order valence-electron chi connectivity index (χ3n) is 20.5. The SMILES string of the molecule is CCCCCCCCCCCCCCCCCCCCCCCCC(=O)O[C@H](COC(=O)CCCCCCCCCCCCCCCCC(C)C)COP(=O)(O)OC[C@@H](O)COP(=O)(O)OC[C@@H](COC(=O)CCCCCCCCCCCCCC)OC(=O)CCCCCCCCCCCCCCC(C)C. The quantitative estimate of drug-likeness (QED) is 0.0222. The van der Waals surface area contributed by atoms with Crippen molar-refractivity contribution in [2.75, 3.05) is 39.6 Å². The number of phosphoric acid groups is 2. The molecule has 0 aliphatic rings. The molecule has 19 heteroatoms. The Hall–Kier alpha value is -1.94. The van der Waals surface area contributed by atoms with Crippen LogP contribution >= 0.6 is 15.6 Å². The molecule has 0 fully saturated rings. The first-order valence-corrected chi connectivity index (χ1v) is 48.0. The summed E-state index contributed by atoms with van der Waals surface area (Å²) in [6.07, 6.45) is 70.8. The third kappa shape index (κ3) is 80.1. The zero-order chi connectivity index (χ0) is 77.8. The standard InChI is InChI=1S/C87H170O17P2/c1-7-9-11-13-15-17-19-21-22-23-24-25-26-27-28-29-34-41-47-53-59-65-71-86(91)103-83(76-98-85(90)70-64-58-52-46-40-33-31-30-32-37-43-49-55-61-67-79(3)4)78-102-106(95,96)100-74-81(88)73-99-105(93,94)101-77-82(75-97-84(89)69-63-57-51-45-39-20-18-16-14-12-10-8-2)104-87(92)72-66-60-54-48-42-36-35-38-44-50-56-62-68-80(5)6/h79-83,88H,7-78H2,1-6H3,(H,93,94)(H,95,96)/t81-,82+,83+/m0/s1. The summed E-state index contributed by atoms with van der Waals surface area (Å²) in [7, 11) is -9.93. The van der Waals surface area contributed by atoms with Gasteiger partial charge in [-0.15, -0.1) is 0 Å². The van der Waals surface area contributed by atoms with E-state index in [2.05, 4.69) is 41.5 Å². The summed E-state index contributed by atoms with van der Waals surface area (Å²) in [5.74, 6) is -0.524. The maximum Gasteiger partial charge on any atom is 0.472 e. The maximum atomic E-state index is 13.2. The highest BCUT2D eigenvalue weighted by atomic mass is 31.2. The molecule has 0 aromatic rings. The highest BCUT2D eigenvalue weighted by Gasteiger charge is 2.30. The number of unbranched alkanes of at least 4 members (excludes halogenated alkanes) is 56. The van der Waals surface area contributed by atoms with Crippen molar-refractivity contribution in [2.45, 2.75) is 484 Å². The Morgan fingerprint density at radius 3 is 0.642 bits per heavy atom. The molecule has 0 bridgehead atoms. The van der Waals surface area contributed by atoms with E-state index in [1.54, 1.807) is 0 Å². The van der Waals surface area contributed by atoms with Crippen LogP contribution in [-0.2, 0) is 65.4 Å². The molecule has 0 aliphatic heterocycles. The summed E-state index contributed by atoms with van der Waals surface area (Å²) >= 11 is 0. The van der Waals surface area contributed by atoms with E-state index in [4.69, 9.17) is 37.0 Å². The number of aliphatic hydroxyl groups is 1. The lowest BCUT2D eigenvalue weighted by Gasteiger charge is -2.21. The van der Waals surface area contributed by atoms with Gasteiger partial charge in [0.15, 0.2) is 12.2 Å². The van der Waals surface area contributed by atoms with Crippen LogP contribution in [0.2, 0.25) is 0 Å². The summed E-state index contributed by atoms with van der Waals surface area (Å²) in [5.41, 5.74) is 0. The second kappa shape index (κ2) is 78.3. The van der Waals surface area contributed by atoms with Gasteiger partial charge in [-0.05, 0) is 37.5 Å². The van der Waals surface area contributed by atoms with Gasteiger partial charge < -0.3 is 33.8 Å². The van der Waals surface area contributed by atoms with Gasteiger partial charge in [0.05, 0.1) is 26.4 Å². The largest absolute Gasteiger partial charge is 0.472 e. The lowest BCUT2D eigenvalue weighted by atomic mass is 10.0. The fourth-order valence-corrected chi connectivity index (χ4v) is 15.2. The minimum atomic E-state index is -4.97. The third-order valence-corrected chi connectivity index (χ3v) is 22.4. The Morgan fingerprint density at radius 1 is 0.255 bits per heavy atom. The summed E-state index contributed by atoms with van der Waals surface area (Å²) in [6.45, 7) is 9.71. The van der Waals surface area contributed by atoms with E-state index in [-0.39, 0.29) is 25.7 Å². The summed E-state index contributed by atoms with van der Waals surface area (Å²) in [4.78, 5) is 73.3. The maximum absolute atomic E-state index is 13.2. The molecule has 0 amide bonds. The molecular formula is C87H170O17P2. The first-order chi connectivity index (χ1) is 51.4. The molecule has 0 aromatic heterocycles. The number of hydrogen-bond acceptors (Lipinski definition) is 15. The van der Waals surface area contributed by atoms with E-state index in [1.165, 1.54) is 283 Å². The smallest absolute Gasteiger partial charge is 0.462 e. The van der Waals surface area contributed by atoms with Gasteiger partial charge in [0.2, 0.25) is 0 Å². The predicted molar refractivity (Wildman–Crippen MR) is 437 cm³/mol. The Morgan fingerprint density at radius 2 is 0.434 bits per heavy atom. The molecule has 0 radical (unpaired) electrons. The first-order valence-electron chi connectivity index (χ1n) is 45.0. The molecule has 0 spiro atoms. The number of carbonyl (C=O) groups is 4. The fourth-order valence-electron chi connectivity index (χ4n) is 13.6. The molecule has 630 valence electrons. The van der Waals surface area contributed by atoms with Gasteiger partial charge in [-0.2, -0.15) is 0 Å². The van der Waals surface area contributed by atoms with Crippen LogP contribution in [0.25, 0.3) is 0 Å². The number of phosphoric ester groups is 2. The number of rotatable bonds is 86. The summed E-state index contributed by atoms with van der Waals surface area (Å²) < 4.78 is 68.9. The van der Waals surface area contributed by atoms with Crippen molar-refractivity contribution < 1.29 is 80.2 Å². The molecule has 106 heavy (non-hydrogen) atoms. The second-order valence-electron chi connectivity index (χ2n) is 32.2. The van der Waals surface area contributed by atoms with E-state index in [9.17, 15) is 43.2 Å². The number of ether oxygens (including phenoxy) is 4. The van der Waals surface area contributed by atoms with Crippen LogP contribution in [0.1, 0.15) is 465 Å². The van der Waals surface area contributed by atoms with Gasteiger partial charge >= 0.3 is 39.5 Å². The molecule has 0 aliphatic carbocycles. The number of esters is 4. The summed E-state index contributed by atoms with van der Waals surface area (Å²) in [5, 5.41) is 10.7. The average Bonchev–Trinajstić information content (AvgIpc) is 0.899. The Kier molecular flexibility index (Phi) is 76.9. The van der Waals surface area contributed by atoms with Crippen LogP contribution in [0.4, 0.5) is 0 Å². The van der Waals surface area contributed by atoms with Crippen LogP contribution in [-0.4, -0.2) is 96.7 Å². The van der Waals surface area contributed by atoms with Crippen LogP contribution < -0.4 is 0 Å². The monoisotopic (exact) mass is 1550 g/mol. The fraction of sp³-hybridized carbons (Fsp3) is 0.954. The van der Waals surface area contributed by atoms with Gasteiger partial charge in [0.1, 0.15) is 19.3 Å². The Labute approximate surface area is 651 Å². The van der Waals surface area contributed by atoms with E-state index < -0.39 is 97.5 Å². The average molecular weight is 1550 g/mol. The normalized spacial score (nSPS) is 13.8. The molecule has 2 unspecified atom stereocenters. The van der Waals surface area contributed by atoms with Crippen molar-refractivity contribution in [1.82, 2.24) is 0 Å². The predicted octanol–water partition coefficient (Wildman–Crippen LogP) is 26.6. The molecule has 0 rings (SSSR count). The molecule has 0 saturated heterocycles. The van der Waals surface area contributed by atoms with Crippen LogP contribution in [0.15, 0.2) is 0 Å². The molecule has 0 saturated carbocycles. The Bertz CT molecular complexity index is 2030. The van der Waals surface area contributed by atoms with Crippen molar-refractivity contribution in [3.8, 4) is 0 Å². The van der Waals surface area contributed by atoms with Gasteiger partial charge in [0, 0.05) is 25.7 Å². The van der Waals surface area contributed by atoms with Gasteiger partial charge in [-0.1, -0.05) is 414 Å². The molecule has 17 nitrogen and oxygen atoms in total. The lowest BCUT2D eigenvalue weighted by Crippen LogP contribution is -2.30. The van der Waals surface area contributed by atoms with Crippen molar-refractivity contribution in [3.63, 3.8) is 0 Å². The highest BCUT2D eigenvalue weighted by molar-refractivity contribution is 7.47. The van der Waals surface area contributed by atoms with Crippen LogP contribution in [0.5, 0.6) is 0 Å². The topological polar surface area (TPSA) is 237 Å². The van der Waals surface area contributed by atoms with Gasteiger partial charge in [-0.3, -0.25) is 37.3 Å².